The lowest BCUT2D eigenvalue weighted by molar-refractivity contribution is -0.0123. The van der Waals surface area contributed by atoms with Crippen molar-refractivity contribution >= 4 is 17.2 Å². The summed E-state index contributed by atoms with van der Waals surface area (Å²) < 4.78 is 5.92. The molecule has 2 N–H and O–H groups in total. The summed E-state index contributed by atoms with van der Waals surface area (Å²) in [6.45, 7) is 3.08. The molecule has 0 aliphatic heterocycles. The average molecular weight is 229 g/mol. The highest BCUT2D eigenvalue weighted by Gasteiger charge is 2.23. The summed E-state index contributed by atoms with van der Waals surface area (Å²) >= 11 is 4.83. The van der Waals surface area contributed by atoms with Crippen molar-refractivity contribution < 1.29 is 4.74 Å². The first-order valence-corrected chi connectivity index (χ1v) is 6.54. The van der Waals surface area contributed by atoms with Crippen molar-refractivity contribution in [3.8, 4) is 0 Å². The zero-order valence-corrected chi connectivity index (χ0v) is 10.5. The van der Waals surface area contributed by atoms with Crippen molar-refractivity contribution in [1.82, 2.24) is 0 Å². The number of hydrogen-bond donors (Lipinski definition) is 1. The Balaban J connectivity index is 2.15. The van der Waals surface area contributed by atoms with Crippen LogP contribution in [0.3, 0.4) is 0 Å². The number of rotatable bonds is 6. The molecule has 2 atom stereocenters. The van der Waals surface area contributed by atoms with Gasteiger partial charge in [0.25, 0.3) is 0 Å². The molecule has 1 fully saturated rings. The summed E-state index contributed by atoms with van der Waals surface area (Å²) in [6.07, 6.45) is 8.83. The van der Waals surface area contributed by atoms with Crippen LogP contribution < -0.4 is 5.73 Å². The molecule has 0 amide bonds. The third-order valence-corrected chi connectivity index (χ3v) is 3.47. The zero-order valence-electron chi connectivity index (χ0n) is 9.71. The molecule has 0 spiro atoms. The van der Waals surface area contributed by atoms with E-state index in [0.717, 1.165) is 25.4 Å². The highest BCUT2D eigenvalue weighted by molar-refractivity contribution is 7.80. The monoisotopic (exact) mass is 229 g/mol. The largest absolute Gasteiger partial charge is 0.393 e. The van der Waals surface area contributed by atoms with Gasteiger partial charge in [-0.05, 0) is 31.6 Å². The van der Waals surface area contributed by atoms with Gasteiger partial charge in [0.05, 0.1) is 11.1 Å². The maximum absolute atomic E-state index is 5.92. The molecule has 0 aromatic heterocycles. The Morgan fingerprint density at radius 3 is 2.80 bits per heavy atom. The normalized spacial score (nSPS) is 26.5. The van der Waals surface area contributed by atoms with E-state index in [4.69, 9.17) is 22.7 Å². The fraction of sp³-hybridized carbons (Fsp3) is 0.917. The van der Waals surface area contributed by atoms with E-state index in [2.05, 4.69) is 6.92 Å². The minimum atomic E-state index is 0.495. The molecule has 15 heavy (non-hydrogen) atoms. The highest BCUT2D eigenvalue weighted by atomic mass is 32.1. The lowest BCUT2D eigenvalue weighted by atomic mass is 9.85. The number of ether oxygens (including phenoxy) is 1. The fourth-order valence-electron chi connectivity index (χ4n) is 2.34. The molecule has 1 saturated carbocycles. The second kappa shape index (κ2) is 7.18. The topological polar surface area (TPSA) is 35.2 Å². The average Bonchev–Trinajstić information content (AvgIpc) is 2.24. The van der Waals surface area contributed by atoms with Crippen LogP contribution in [0.5, 0.6) is 0 Å². The Hall–Kier alpha value is -0.150. The molecule has 3 heteroatoms. The van der Waals surface area contributed by atoms with Crippen LogP contribution in [-0.2, 0) is 4.74 Å². The van der Waals surface area contributed by atoms with Crippen molar-refractivity contribution in [3.05, 3.63) is 0 Å². The summed E-state index contributed by atoms with van der Waals surface area (Å²) in [5, 5.41) is 0. The van der Waals surface area contributed by atoms with E-state index in [1.165, 1.54) is 32.1 Å². The Labute approximate surface area is 98.6 Å². The Morgan fingerprint density at radius 2 is 2.13 bits per heavy atom. The van der Waals surface area contributed by atoms with Crippen LogP contribution in [0.4, 0.5) is 0 Å². The number of hydrogen-bond acceptors (Lipinski definition) is 2. The lowest BCUT2D eigenvalue weighted by Crippen LogP contribution is -2.27. The lowest BCUT2D eigenvalue weighted by Gasteiger charge is -2.30. The van der Waals surface area contributed by atoms with Crippen LogP contribution >= 0.6 is 12.2 Å². The summed E-state index contributed by atoms with van der Waals surface area (Å²) in [4.78, 5) is 0.606. The molecule has 88 valence electrons. The second-order valence-electron chi connectivity index (χ2n) is 4.43. The molecule has 0 aromatic rings. The van der Waals surface area contributed by atoms with Gasteiger partial charge < -0.3 is 10.5 Å². The van der Waals surface area contributed by atoms with Crippen LogP contribution in [-0.4, -0.2) is 17.7 Å². The summed E-state index contributed by atoms with van der Waals surface area (Å²) in [7, 11) is 0. The zero-order chi connectivity index (χ0) is 11.1. The van der Waals surface area contributed by atoms with E-state index >= 15 is 0 Å². The van der Waals surface area contributed by atoms with Gasteiger partial charge in [0.15, 0.2) is 0 Å². The molecule has 0 bridgehead atoms. The highest BCUT2D eigenvalue weighted by Crippen LogP contribution is 2.29. The quantitative estimate of drug-likeness (QED) is 0.561. The van der Waals surface area contributed by atoms with Crippen LogP contribution in [0.1, 0.15) is 51.9 Å². The van der Waals surface area contributed by atoms with Gasteiger partial charge in [0.2, 0.25) is 0 Å². The minimum absolute atomic E-state index is 0.495. The van der Waals surface area contributed by atoms with Gasteiger partial charge in [-0.1, -0.05) is 38.4 Å². The number of thiocarbonyl (C=S) groups is 1. The van der Waals surface area contributed by atoms with Gasteiger partial charge in [-0.3, -0.25) is 0 Å². The Morgan fingerprint density at radius 1 is 1.40 bits per heavy atom. The number of nitrogens with two attached hydrogens (primary N) is 1. The predicted octanol–water partition coefficient (Wildman–Crippen LogP) is 3.04. The van der Waals surface area contributed by atoms with Crippen molar-refractivity contribution in [2.24, 2.45) is 11.7 Å². The molecule has 1 aliphatic carbocycles. The van der Waals surface area contributed by atoms with E-state index in [9.17, 15) is 0 Å². The smallest absolute Gasteiger partial charge is 0.0728 e. The summed E-state index contributed by atoms with van der Waals surface area (Å²) in [5.74, 6) is 0.781. The summed E-state index contributed by atoms with van der Waals surface area (Å²) in [6, 6.07) is 0. The van der Waals surface area contributed by atoms with Crippen LogP contribution in [0.2, 0.25) is 0 Å². The van der Waals surface area contributed by atoms with Gasteiger partial charge in [-0.15, -0.1) is 0 Å². The van der Waals surface area contributed by atoms with E-state index in [1.807, 2.05) is 0 Å². The molecular formula is C12H23NOS. The van der Waals surface area contributed by atoms with Crippen LogP contribution in [0.15, 0.2) is 0 Å². The maximum Gasteiger partial charge on any atom is 0.0728 e. The second-order valence-corrected chi connectivity index (χ2v) is 4.96. The van der Waals surface area contributed by atoms with Gasteiger partial charge in [-0.25, -0.2) is 0 Å². The van der Waals surface area contributed by atoms with E-state index in [-0.39, 0.29) is 0 Å². The molecule has 2 unspecified atom stereocenters. The third-order valence-electron chi connectivity index (χ3n) is 3.26. The van der Waals surface area contributed by atoms with Crippen molar-refractivity contribution in [2.45, 2.75) is 58.0 Å². The first-order valence-electron chi connectivity index (χ1n) is 6.14. The fourth-order valence-corrected chi connectivity index (χ4v) is 2.49. The molecule has 1 rings (SSSR count). The SMILES string of the molecule is CCC1CCCCC1OCCCC(N)=S. The molecule has 0 aromatic carbocycles. The first-order chi connectivity index (χ1) is 7.24. The van der Waals surface area contributed by atoms with E-state index in [0.29, 0.717) is 11.1 Å². The van der Waals surface area contributed by atoms with Gasteiger partial charge in [0.1, 0.15) is 0 Å². The molecule has 0 saturated heterocycles. The predicted molar refractivity (Wildman–Crippen MR) is 68.0 cm³/mol. The standard InChI is InChI=1S/C12H23NOS/c1-2-10-6-3-4-7-11(10)14-9-5-8-12(13)15/h10-11H,2-9H2,1H3,(H2,13,15). The van der Waals surface area contributed by atoms with Crippen LogP contribution in [0.25, 0.3) is 0 Å². The van der Waals surface area contributed by atoms with Gasteiger partial charge >= 0.3 is 0 Å². The third kappa shape index (κ3) is 4.94. The minimum Gasteiger partial charge on any atom is -0.393 e. The van der Waals surface area contributed by atoms with Gasteiger partial charge in [0, 0.05) is 6.61 Å². The van der Waals surface area contributed by atoms with Crippen molar-refractivity contribution in [2.75, 3.05) is 6.61 Å². The van der Waals surface area contributed by atoms with E-state index < -0.39 is 0 Å². The molecule has 2 nitrogen and oxygen atoms in total. The summed E-state index contributed by atoms with van der Waals surface area (Å²) in [5.41, 5.74) is 5.44. The first kappa shape index (κ1) is 12.9. The molecule has 0 heterocycles. The van der Waals surface area contributed by atoms with Crippen molar-refractivity contribution in [1.29, 1.82) is 0 Å². The van der Waals surface area contributed by atoms with Gasteiger partial charge in [-0.2, -0.15) is 0 Å². The van der Waals surface area contributed by atoms with Crippen molar-refractivity contribution in [3.63, 3.8) is 0 Å². The molecule has 0 radical (unpaired) electrons. The molecule has 1 aliphatic rings. The Kier molecular flexibility index (Phi) is 6.18. The maximum atomic E-state index is 5.92. The Bertz CT molecular complexity index is 196. The molecular weight excluding hydrogens is 206 g/mol. The van der Waals surface area contributed by atoms with Crippen LogP contribution in [0, 0.1) is 5.92 Å². The van der Waals surface area contributed by atoms with E-state index in [1.54, 1.807) is 0 Å².